The minimum absolute atomic E-state index is 0.524. The summed E-state index contributed by atoms with van der Waals surface area (Å²) < 4.78 is 6.12. The molecule has 18 heavy (non-hydrogen) atoms. The van der Waals surface area contributed by atoms with Crippen LogP contribution in [0.1, 0.15) is 45.4 Å². The van der Waals surface area contributed by atoms with Crippen molar-refractivity contribution in [3.8, 4) is 0 Å². The van der Waals surface area contributed by atoms with Gasteiger partial charge >= 0.3 is 0 Å². The minimum atomic E-state index is 0.524. The summed E-state index contributed by atoms with van der Waals surface area (Å²) in [5.74, 6) is 0. The Bertz CT molecular complexity index is 221. The largest absolute Gasteiger partial charge is 0.372 e. The maximum atomic E-state index is 6.12. The first-order chi connectivity index (χ1) is 8.78. The van der Waals surface area contributed by atoms with E-state index in [1.807, 2.05) is 0 Å². The first kappa shape index (κ1) is 14.3. The number of hydrogen-bond acceptors (Lipinski definition) is 3. The molecule has 2 rings (SSSR count). The fourth-order valence-electron chi connectivity index (χ4n) is 3.03. The zero-order valence-corrected chi connectivity index (χ0v) is 12.2. The third-order valence-corrected chi connectivity index (χ3v) is 4.28. The van der Waals surface area contributed by atoms with E-state index in [0.717, 1.165) is 13.1 Å². The molecule has 0 aliphatic carbocycles. The number of likely N-dealkylation sites (tertiary alicyclic amines) is 2. The number of unbranched alkanes of at least 4 members (excludes halogenated alkanes) is 3. The molecule has 3 nitrogen and oxygen atoms in total. The summed E-state index contributed by atoms with van der Waals surface area (Å²) in [6.45, 7) is 8.35. The van der Waals surface area contributed by atoms with Crippen molar-refractivity contribution >= 4 is 0 Å². The molecule has 0 aromatic rings. The van der Waals surface area contributed by atoms with Crippen molar-refractivity contribution in [1.29, 1.82) is 0 Å². The van der Waals surface area contributed by atoms with Crippen molar-refractivity contribution in [1.82, 2.24) is 9.80 Å². The van der Waals surface area contributed by atoms with Gasteiger partial charge in [0.05, 0.1) is 12.2 Å². The molecule has 2 aliphatic rings. The first-order valence-electron chi connectivity index (χ1n) is 7.84. The molecule has 0 spiro atoms. The molecule has 0 aromatic heterocycles. The zero-order chi connectivity index (χ0) is 12.8. The fraction of sp³-hybridized carbons (Fsp3) is 1.00. The topological polar surface area (TPSA) is 15.7 Å². The molecule has 0 bridgehead atoms. The van der Waals surface area contributed by atoms with Gasteiger partial charge in [-0.25, -0.2) is 0 Å². The number of ether oxygens (including phenoxy) is 1. The van der Waals surface area contributed by atoms with E-state index in [1.54, 1.807) is 0 Å². The van der Waals surface area contributed by atoms with Gasteiger partial charge in [-0.3, -0.25) is 0 Å². The molecule has 0 atom stereocenters. The van der Waals surface area contributed by atoms with E-state index in [1.165, 1.54) is 58.2 Å². The lowest BCUT2D eigenvalue weighted by Crippen LogP contribution is -2.52. The third-order valence-electron chi connectivity index (χ3n) is 4.28. The highest BCUT2D eigenvalue weighted by Crippen LogP contribution is 2.19. The van der Waals surface area contributed by atoms with Crippen LogP contribution in [0.4, 0.5) is 0 Å². The van der Waals surface area contributed by atoms with Gasteiger partial charge in [-0.05, 0) is 32.9 Å². The fourth-order valence-corrected chi connectivity index (χ4v) is 3.03. The van der Waals surface area contributed by atoms with Crippen LogP contribution in [0.2, 0.25) is 0 Å². The number of rotatable bonds is 7. The predicted molar refractivity (Wildman–Crippen MR) is 76.0 cm³/mol. The van der Waals surface area contributed by atoms with Crippen molar-refractivity contribution < 1.29 is 4.74 Å². The number of likely N-dealkylation sites (N-methyl/N-ethyl adjacent to an activating group) is 1. The average Bonchev–Trinajstić information content (AvgIpc) is 2.35. The summed E-state index contributed by atoms with van der Waals surface area (Å²) in [4.78, 5) is 4.95. The van der Waals surface area contributed by atoms with Crippen LogP contribution in [-0.2, 0) is 4.74 Å². The van der Waals surface area contributed by atoms with Gasteiger partial charge in [-0.15, -0.1) is 0 Å². The van der Waals surface area contributed by atoms with Crippen LogP contribution in [-0.4, -0.2) is 61.8 Å². The molecule has 2 saturated heterocycles. The summed E-state index contributed by atoms with van der Waals surface area (Å²) in [7, 11) is 2.17. The van der Waals surface area contributed by atoms with E-state index in [9.17, 15) is 0 Å². The molecule has 0 amide bonds. The van der Waals surface area contributed by atoms with Crippen LogP contribution in [0.3, 0.4) is 0 Å². The monoisotopic (exact) mass is 254 g/mol. The summed E-state index contributed by atoms with van der Waals surface area (Å²) in [5.41, 5.74) is 0. The molecule has 0 saturated carbocycles. The standard InChI is InChI=1S/C15H30N2O/c1-3-4-5-6-9-17-10-7-14(8-11-17)18-15-12-16(2)13-15/h14-15H,3-13H2,1-2H3. The maximum absolute atomic E-state index is 6.12. The average molecular weight is 254 g/mol. The Labute approximate surface area is 112 Å². The third kappa shape index (κ3) is 4.52. The Morgan fingerprint density at radius 2 is 1.72 bits per heavy atom. The second kappa shape index (κ2) is 7.46. The van der Waals surface area contributed by atoms with E-state index in [4.69, 9.17) is 4.74 Å². The van der Waals surface area contributed by atoms with Gasteiger partial charge in [0, 0.05) is 26.2 Å². The lowest BCUT2D eigenvalue weighted by atomic mass is 10.1. The second-order valence-electron chi connectivity index (χ2n) is 6.08. The molecule has 106 valence electrons. The molecular weight excluding hydrogens is 224 g/mol. The van der Waals surface area contributed by atoms with Gasteiger partial charge in [0.25, 0.3) is 0 Å². The quantitative estimate of drug-likeness (QED) is 0.649. The van der Waals surface area contributed by atoms with Crippen LogP contribution >= 0.6 is 0 Å². The van der Waals surface area contributed by atoms with Gasteiger partial charge in [0.1, 0.15) is 0 Å². The van der Waals surface area contributed by atoms with Gasteiger partial charge in [-0.2, -0.15) is 0 Å². The van der Waals surface area contributed by atoms with Crippen LogP contribution < -0.4 is 0 Å². The number of nitrogens with zero attached hydrogens (tertiary/aromatic N) is 2. The first-order valence-corrected chi connectivity index (χ1v) is 7.84. The molecule has 2 heterocycles. The van der Waals surface area contributed by atoms with Gasteiger partial charge < -0.3 is 14.5 Å². The lowest BCUT2D eigenvalue weighted by molar-refractivity contribution is -0.0999. The summed E-state index contributed by atoms with van der Waals surface area (Å²) in [6, 6.07) is 0. The number of hydrogen-bond donors (Lipinski definition) is 0. The van der Waals surface area contributed by atoms with Gasteiger partial charge in [0.15, 0.2) is 0 Å². The Hall–Kier alpha value is -0.120. The molecule has 2 fully saturated rings. The van der Waals surface area contributed by atoms with Crippen molar-refractivity contribution in [3.05, 3.63) is 0 Å². The summed E-state index contributed by atoms with van der Waals surface area (Å²) in [6.07, 6.45) is 9.07. The SMILES string of the molecule is CCCCCCN1CCC(OC2CN(C)C2)CC1. The zero-order valence-electron chi connectivity index (χ0n) is 12.2. The van der Waals surface area contributed by atoms with Crippen molar-refractivity contribution in [2.24, 2.45) is 0 Å². The van der Waals surface area contributed by atoms with Gasteiger partial charge in [0.2, 0.25) is 0 Å². The predicted octanol–water partition coefficient (Wildman–Crippen LogP) is 2.36. The Morgan fingerprint density at radius 3 is 2.33 bits per heavy atom. The van der Waals surface area contributed by atoms with Gasteiger partial charge in [-0.1, -0.05) is 26.2 Å². The highest BCUT2D eigenvalue weighted by atomic mass is 16.5. The van der Waals surface area contributed by atoms with Crippen molar-refractivity contribution in [2.75, 3.05) is 39.8 Å². The highest BCUT2D eigenvalue weighted by molar-refractivity contribution is 4.81. The van der Waals surface area contributed by atoms with E-state index >= 15 is 0 Å². The smallest absolute Gasteiger partial charge is 0.0832 e. The van der Waals surface area contributed by atoms with Crippen LogP contribution in [0.25, 0.3) is 0 Å². The van der Waals surface area contributed by atoms with Crippen LogP contribution in [0.5, 0.6) is 0 Å². The van der Waals surface area contributed by atoms with Crippen molar-refractivity contribution in [3.63, 3.8) is 0 Å². The van der Waals surface area contributed by atoms with Crippen molar-refractivity contribution in [2.45, 2.75) is 57.7 Å². The van der Waals surface area contributed by atoms with E-state index < -0.39 is 0 Å². The molecule has 0 radical (unpaired) electrons. The van der Waals surface area contributed by atoms with E-state index in [2.05, 4.69) is 23.8 Å². The second-order valence-corrected chi connectivity index (χ2v) is 6.08. The summed E-state index contributed by atoms with van der Waals surface area (Å²) >= 11 is 0. The highest BCUT2D eigenvalue weighted by Gasteiger charge is 2.28. The minimum Gasteiger partial charge on any atom is -0.372 e. The lowest BCUT2D eigenvalue weighted by Gasteiger charge is -2.40. The molecule has 0 aromatic carbocycles. The van der Waals surface area contributed by atoms with E-state index in [-0.39, 0.29) is 0 Å². The normalized spacial score (nSPS) is 24.3. The molecule has 3 heteroatoms. The Morgan fingerprint density at radius 1 is 1.00 bits per heavy atom. The maximum Gasteiger partial charge on any atom is 0.0832 e. The molecule has 2 aliphatic heterocycles. The molecule has 0 unspecified atom stereocenters. The molecule has 0 N–H and O–H groups in total. The van der Waals surface area contributed by atoms with Crippen LogP contribution in [0.15, 0.2) is 0 Å². The number of piperidine rings is 1. The van der Waals surface area contributed by atoms with E-state index in [0.29, 0.717) is 12.2 Å². The summed E-state index contributed by atoms with van der Waals surface area (Å²) in [5, 5.41) is 0. The molecular formula is C15H30N2O. The Kier molecular flexibility index (Phi) is 5.93. The Balaban J connectivity index is 1.51. The van der Waals surface area contributed by atoms with Crippen LogP contribution in [0, 0.1) is 0 Å².